The van der Waals surface area contributed by atoms with Crippen LogP contribution in [0.1, 0.15) is 41.5 Å². The van der Waals surface area contributed by atoms with Crippen molar-refractivity contribution in [3.05, 3.63) is 0 Å². The molecule has 0 saturated carbocycles. The fourth-order valence-electron chi connectivity index (χ4n) is 0.771. The Morgan fingerprint density at radius 1 is 0.607 bits per heavy atom. The van der Waals surface area contributed by atoms with E-state index in [1.807, 2.05) is 0 Å². The third-order valence-electron chi connectivity index (χ3n) is 1.28. The van der Waals surface area contributed by atoms with Gasteiger partial charge in [-0.3, -0.25) is 14.4 Å². The molecule has 0 amide bonds. The Morgan fingerprint density at radius 2 is 0.821 bits per heavy atom. The van der Waals surface area contributed by atoms with Crippen molar-refractivity contribution in [2.45, 2.75) is 47.6 Å². The SMILES string of the molecule is CC(=O)OCC(COC(C)=O)OC(C)=O.CC(=O)[O-].CC(=O)[O-].CC(=O)[O-].[Al+3]. The van der Waals surface area contributed by atoms with Crippen LogP contribution >= 0.6 is 0 Å². The summed E-state index contributed by atoms with van der Waals surface area (Å²) >= 11 is 0. The van der Waals surface area contributed by atoms with E-state index in [4.69, 9.17) is 34.4 Å². The molecule has 12 nitrogen and oxygen atoms in total. The van der Waals surface area contributed by atoms with Crippen molar-refractivity contribution < 1.29 is 58.3 Å². The van der Waals surface area contributed by atoms with Crippen LogP contribution in [0.4, 0.5) is 0 Å². The molecule has 0 N–H and O–H groups in total. The van der Waals surface area contributed by atoms with Gasteiger partial charge in [-0.2, -0.15) is 0 Å². The Kier molecular flexibility index (Phi) is 31.6. The fraction of sp³-hybridized carbons (Fsp3) is 0.600. The van der Waals surface area contributed by atoms with Crippen molar-refractivity contribution in [3.63, 3.8) is 0 Å². The molecule has 0 aromatic rings. The molecule has 0 rings (SSSR count). The molecule has 0 saturated heterocycles. The van der Waals surface area contributed by atoms with Gasteiger partial charge in [-0.05, 0) is 20.8 Å². The average molecular weight is 422 g/mol. The van der Waals surface area contributed by atoms with E-state index < -0.39 is 41.9 Å². The van der Waals surface area contributed by atoms with E-state index in [0.29, 0.717) is 0 Å². The zero-order valence-corrected chi connectivity index (χ0v) is 17.6. The van der Waals surface area contributed by atoms with Gasteiger partial charge in [0.15, 0.2) is 6.10 Å². The molecule has 0 unspecified atom stereocenters. The molecular weight excluding hydrogens is 399 g/mol. The molecule has 13 heteroatoms. The number of carboxylic acids is 3. The van der Waals surface area contributed by atoms with Crippen LogP contribution in [-0.2, 0) is 43.0 Å². The number of rotatable bonds is 5. The number of carbonyl (C=O) groups excluding carboxylic acids is 6. The van der Waals surface area contributed by atoms with Crippen LogP contribution < -0.4 is 15.3 Å². The molecule has 0 aromatic carbocycles. The molecular formula is C15H23AlO12. The van der Waals surface area contributed by atoms with Gasteiger partial charge in [0.05, 0.1) is 0 Å². The Morgan fingerprint density at radius 3 is 0.964 bits per heavy atom. The number of hydrogen-bond donors (Lipinski definition) is 0. The predicted octanol–water partition coefficient (Wildman–Crippen LogP) is -4.07. The number of carboxylic acid groups (broad SMARTS) is 3. The van der Waals surface area contributed by atoms with E-state index in [9.17, 15) is 14.4 Å². The molecule has 28 heavy (non-hydrogen) atoms. The maximum atomic E-state index is 10.6. The standard InChI is InChI=1S/C9H14O6.3C2H4O2.Al/c1-6(10)13-4-9(15-8(3)12)5-14-7(2)11;3*1-2(3)4;/h9H,4-5H2,1-3H3;3*1H3,(H,3,4);/q;;;;+3/p-3. The minimum Gasteiger partial charge on any atom is -0.550 e. The largest absolute Gasteiger partial charge is 3.00 e. The number of ether oxygens (including phenoxy) is 3. The van der Waals surface area contributed by atoms with Crippen LogP contribution in [0.2, 0.25) is 0 Å². The maximum Gasteiger partial charge on any atom is 3.00 e. The van der Waals surface area contributed by atoms with Crippen molar-refractivity contribution >= 4 is 53.2 Å². The molecule has 0 spiro atoms. The van der Waals surface area contributed by atoms with Crippen LogP contribution in [-0.4, -0.2) is 72.5 Å². The second-order valence-corrected chi connectivity index (χ2v) is 4.31. The topological polar surface area (TPSA) is 199 Å². The maximum absolute atomic E-state index is 10.6. The molecule has 158 valence electrons. The van der Waals surface area contributed by atoms with Gasteiger partial charge >= 0.3 is 35.3 Å². The number of aliphatic carboxylic acids is 3. The van der Waals surface area contributed by atoms with Crippen molar-refractivity contribution in [1.82, 2.24) is 0 Å². The van der Waals surface area contributed by atoms with E-state index in [0.717, 1.165) is 20.8 Å². The first-order valence-corrected chi connectivity index (χ1v) is 7.08. The van der Waals surface area contributed by atoms with Crippen molar-refractivity contribution in [1.29, 1.82) is 0 Å². The van der Waals surface area contributed by atoms with Gasteiger partial charge in [-0.15, -0.1) is 0 Å². The number of esters is 3. The van der Waals surface area contributed by atoms with Gasteiger partial charge in [0.1, 0.15) is 13.2 Å². The molecule has 0 fully saturated rings. The summed E-state index contributed by atoms with van der Waals surface area (Å²) in [5.74, 6) is -4.76. The summed E-state index contributed by atoms with van der Waals surface area (Å²) in [6.07, 6.45) is -0.754. The van der Waals surface area contributed by atoms with Crippen LogP contribution in [0.3, 0.4) is 0 Å². The molecule has 0 aromatic heterocycles. The smallest absolute Gasteiger partial charge is 0.550 e. The summed E-state index contributed by atoms with van der Waals surface area (Å²) in [6, 6.07) is 0. The molecule has 0 radical (unpaired) electrons. The third-order valence-corrected chi connectivity index (χ3v) is 1.28. The summed E-state index contributed by atoms with van der Waals surface area (Å²) in [4.78, 5) is 58.3. The van der Waals surface area contributed by atoms with E-state index in [2.05, 4.69) is 9.47 Å². The zero-order valence-electron chi connectivity index (χ0n) is 16.5. The molecule has 0 aliphatic heterocycles. The first-order valence-electron chi connectivity index (χ1n) is 7.08. The Balaban J connectivity index is -0.000000111. The summed E-state index contributed by atoms with van der Waals surface area (Å²) in [5.41, 5.74) is 0. The first kappa shape index (κ1) is 36.3. The van der Waals surface area contributed by atoms with Crippen LogP contribution in [0, 0.1) is 0 Å². The summed E-state index contributed by atoms with van der Waals surface area (Å²) in [5, 5.41) is 26.7. The molecule has 0 bridgehead atoms. The number of carbonyl (C=O) groups is 6. The Bertz CT molecular complexity index is 431. The van der Waals surface area contributed by atoms with Crippen molar-refractivity contribution in [2.24, 2.45) is 0 Å². The minimum atomic E-state index is -1.08. The quantitative estimate of drug-likeness (QED) is 0.236. The normalized spacial score (nSPS) is 7.82. The third kappa shape index (κ3) is 90.5. The Labute approximate surface area is 172 Å². The summed E-state index contributed by atoms with van der Waals surface area (Å²) in [7, 11) is 0. The molecule has 0 atom stereocenters. The van der Waals surface area contributed by atoms with Gasteiger partial charge in [-0.25, -0.2) is 0 Å². The van der Waals surface area contributed by atoms with Gasteiger partial charge in [0.2, 0.25) is 0 Å². The summed E-state index contributed by atoms with van der Waals surface area (Å²) in [6.45, 7) is 6.35. The van der Waals surface area contributed by atoms with Crippen molar-refractivity contribution in [2.75, 3.05) is 13.2 Å². The van der Waals surface area contributed by atoms with Crippen LogP contribution in [0.25, 0.3) is 0 Å². The van der Waals surface area contributed by atoms with Crippen LogP contribution in [0.15, 0.2) is 0 Å². The Hall–Kier alpha value is -2.65. The van der Waals surface area contributed by atoms with Gasteiger partial charge < -0.3 is 43.9 Å². The minimum absolute atomic E-state index is 0. The predicted molar refractivity (Wildman–Crippen MR) is 86.6 cm³/mol. The van der Waals surface area contributed by atoms with Gasteiger partial charge in [-0.1, -0.05) is 0 Å². The van der Waals surface area contributed by atoms with E-state index >= 15 is 0 Å². The fourth-order valence-corrected chi connectivity index (χ4v) is 0.771. The number of hydrogen-bond acceptors (Lipinski definition) is 12. The van der Waals surface area contributed by atoms with Crippen LogP contribution in [0.5, 0.6) is 0 Å². The monoisotopic (exact) mass is 422 g/mol. The molecule has 0 aliphatic rings. The summed E-state index contributed by atoms with van der Waals surface area (Å²) < 4.78 is 14.0. The van der Waals surface area contributed by atoms with E-state index in [1.54, 1.807) is 0 Å². The van der Waals surface area contributed by atoms with Gasteiger partial charge in [0, 0.05) is 38.7 Å². The zero-order chi connectivity index (χ0) is 22.6. The van der Waals surface area contributed by atoms with E-state index in [1.165, 1.54) is 20.8 Å². The molecule has 0 aliphatic carbocycles. The van der Waals surface area contributed by atoms with E-state index in [-0.39, 0.29) is 30.6 Å². The average Bonchev–Trinajstić information content (AvgIpc) is 2.39. The second kappa shape index (κ2) is 24.4. The molecule has 0 heterocycles. The van der Waals surface area contributed by atoms with Crippen molar-refractivity contribution in [3.8, 4) is 0 Å². The first-order chi connectivity index (χ1) is 12.1. The second-order valence-electron chi connectivity index (χ2n) is 4.31. The van der Waals surface area contributed by atoms with Gasteiger partial charge in [0.25, 0.3) is 0 Å².